The van der Waals surface area contributed by atoms with Crippen molar-refractivity contribution >= 4 is 0 Å². The summed E-state index contributed by atoms with van der Waals surface area (Å²) in [6.07, 6.45) is -3.59. The molecular formula is C12H17F3NO-. The van der Waals surface area contributed by atoms with Gasteiger partial charge in [-0.3, -0.25) is 0 Å². The van der Waals surface area contributed by atoms with Crippen LogP contribution in [0, 0.1) is 23.2 Å². The van der Waals surface area contributed by atoms with Crippen molar-refractivity contribution in [2.45, 2.75) is 50.4 Å². The van der Waals surface area contributed by atoms with Gasteiger partial charge in [0, 0.05) is 5.41 Å². The van der Waals surface area contributed by atoms with E-state index in [1.165, 1.54) is 0 Å². The molecule has 2 nitrogen and oxygen atoms in total. The monoisotopic (exact) mass is 248 g/mol. The lowest BCUT2D eigenvalue weighted by Crippen LogP contribution is -2.59. The highest BCUT2D eigenvalue weighted by Crippen LogP contribution is 2.63. The summed E-state index contributed by atoms with van der Waals surface area (Å²) >= 11 is 0. The lowest BCUT2D eigenvalue weighted by atomic mass is 9.46. The molecule has 0 saturated heterocycles. The Labute approximate surface area is 98.4 Å². The molecule has 4 bridgehead atoms. The predicted molar refractivity (Wildman–Crippen MR) is 56.2 cm³/mol. The van der Waals surface area contributed by atoms with Crippen molar-refractivity contribution in [1.82, 2.24) is 0 Å². The SMILES string of the molecule is [NH-]C1C2CC3CC1CC(C(O)C(F)(F)F)(C3)C2. The van der Waals surface area contributed by atoms with E-state index in [9.17, 15) is 18.3 Å². The van der Waals surface area contributed by atoms with Gasteiger partial charge in [-0.05, 0) is 38.0 Å². The summed E-state index contributed by atoms with van der Waals surface area (Å²) in [6.45, 7) is 0. The van der Waals surface area contributed by atoms with E-state index in [1.807, 2.05) is 0 Å². The molecule has 4 rings (SSSR count). The van der Waals surface area contributed by atoms with Gasteiger partial charge in [-0.1, -0.05) is 11.8 Å². The molecule has 0 amide bonds. The minimum Gasteiger partial charge on any atom is -0.674 e. The average molecular weight is 248 g/mol. The standard InChI is InChI=1S/C12H17F3NO/c13-12(14,15)10(17)11-3-6-1-7(4-11)9(16)8(2-6)5-11/h6-10,16-17H,1-5H2/q-1. The maximum absolute atomic E-state index is 12.8. The highest BCUT2D eigenvalue weighted by atomic mass is 19.4. The van der Waals surface area contributed by atoms with Crippen molar-refractivity contribution in [2.24, 2.45) is 23.2 Å². The second-order valence-corrected chi connectivity index (χ2v) is 6.30. The van der Waals surface area contributed by atoms with Crippen molar-refractivity contribution in [2.75, 3.05) is 0 Å². The first kappa shape index (κ1) is 11.8. The normalized spacial score (nSPS) is 50.6. The second kappa shape index (κ2) is 3.38. The highest BCUT2D eigenvalue weighted by molar-refractivity contribution is 5.12. The molecule has 5 heteroatoms. The number of aliphatic hydroxyl groups is 1. The fourth-order valence-electron chi connectivity index (χ4n) is 4.77. The topological polar surface area (TPSA) is 44.0 Å². The maximum atomic E-state index is 12.8. The summed E-state index contributed by atoms with van der Waals surface area (Å²) in [6, 6.07) is -0.194. The minimum atomic E-state index is -4.51. The van der Waals surface area contributed by atoms with E-state index < -0.39 is 17.7 Å². The highest BCUT2D eigenvalue weighted by Gasteiger charge is 2.61. The Morgan fingerprint density at radius 1 is 1.12 bits per heavy atom. The van der Waals surface area contributed by atoms with Crippen molar-refractivity contribution < 1.29 is 18.3 Å². The van der Waals surface area contributed by atoms with E-state index in [0.717, 1.165) is 12.8 Å². The zero-order valence-electron chi connectivity index (χ0n) is 9.50. The lowest BCUT2D eigenvalue weighted by molar-refractivity contribution is -0.265. The zero-order valence-corrected chi connectivity index (χ0v) is 9.50. The molecule has 2 N–H and O–H groups in total. The molecule has 4 fully saturated rings. The van der Waals surface area contributed by atoms with Crippen LogP contribution in [0.25, 0.3) is 5.73 Å². The summed E-state index contributed by atoms with van der Waals surface area (Å²) in [4.78, 5) is 0. The molecule has 0 heterocycles. The number of nitrogens with one attached hydrogen (secondary N) is 1. The lowest BCUT2D eigenvalue weighted by Gasteiger charge is -2.63. The fourth-order valence-corrected chi connectivity index (χ4v) is 4.77. The molecule has 0 aromatic heterocycles. The zero-order chi connectivity index (χ0) is 12.4. The van der Waals surface area contributed by atoms with E-state index in [2.05, 4.69) is 0 Å². The molecule has 4 aliphatic carbocycles. The Morgan fingerprint density at radius 3 is 2.12 bits per heavy atom. The summed E-state index contributed by atoms with van der Waals surface area (Å²) in [5.41, 5.74) is 7.05. The van der Waals surface area contributed by atoms with Gasteiger partial charge in [-0.25, -0.2) is 0 Å². The van der Waals surface area contributed by atoms with E-state index in [1.54, 1.807) is 0 Å². The number of rotatable bonds is 1. The van der Waals surface area contributed by atoms with Gasteiger partial charge in [0.15, 0.2) is 6.10 Å². The van der Waals surface area contributed by atoms with Crippen LogP contribution in [0.4, 0.5) is 13.2 Å². The molecule has 3 unspecified atom stereocenters. The molecule has 0 aliphatic heterocycles. The number of aliphatic hydroxyl groups excluding tert-OH is 1. The first-order valence-electron chi connectivity index (χ1n) is 6.28. The van der Waals surface area contributed by atoms with Crippen LogP contribution in [-0.2, 0) is 0 Å². The fraction of sp³-hybridized carbons (Fsp3) is 1.00. The van der Waals surface area contributed by atoms with Crippen molar-refractivity contribution in [3.05, 3.63) is 5.73 Å². The third-order valence-corrected chi connectivity index (χ3v) is 5.21. The Bertz CT molecular complexity index is 314. The van der Waals surface area contributed by atoms with Crippen LogP contribution in [0.1, 0.15) is 32.1 Å². The van der Waals surface area contributed by atoms with Gasteiger partial charge < -0.3 is 10.8 Å². The number of hydrogen-bond acceptors (Lipinski definition) is 1. The van der Waals surface area contributed by atoms with E-state index >= 15 is 0 Å². The van der Waals surface area contributed by atoms with Crippen LogP contribution in [0.5, 0.6) is 0 Å². The molecular weight excluding hydrogens is 231 g/mol. The Morgan fingerprint density at radius 2 is 1.65 bits per heavy atom. The Kier molecular flexibility index (Phi) is 2.34. The maximum Gasteiger partial charge on any atom is 0.414 e. The molecule has 3 atom stereocenters. The summed E-state index contributed by atoms with van der Waals surface area (Å²) in [5.74, 6) is 0.475. The van der Waals surface area contributed by atoms with Gasteiger partial charge in [0.1, 0.15) is 0 Å². The molecule has 0 aromatic carbocycles. The van der Waals surface area contributed by atoms with E-state index in [4.69, 9.17) is 5.73 Å². The van der Waals surface area contributed by atoms with Crippen molar-refractivity contribution in [1.29, 1.82) is 0 Å². The first-order valence-corrected chi connectivity index (χ1v) is 6.28. The van der Waals surface area contributed by atoms with E-state index in [0.29, 0.717) is 25.2 Å². The third-order valence-electron chi connectivity index (χ3n) is 5.21. The second-order valence-electron chi connectivity index (χ2n) is 6.30. The third kappa shape index (κ3) is 1.62. The average Bonchev–Trinajstić information content (AvgIpc) is 2.22. The molecule has 0 spiro atoms. The molecule has 98 valence electrons. The van der Waals surface area contributed by atoms with Gasteiger partial charge in [0.25, 0.3) is 0 Å². The van der Waals surface area contributed by atoms with Crippen LogP contribution < -0.4 is 0 Å². The van der Waals surface area contributed by atoms with Crippen LogP contribution in [0.15, 0.2) is 0 Å². The molecule has 0 aromatic rings. The Balaban J connectivity index is 1.90. The summed E-state index contributed by atoms with van der Waals surface area (Å²) in [7, 11) is 0. The summed E-state index contributed by atoms with van der Waals surface area (Å²) < 4.78 is 38.3. The summed E-state index contributed by atoms with van der Waals surface area (Å²) in [5, 5.41) is 9.65. The minimum absolute atomic E-state index is 0.0817. The quantitative estimate of drug-likeness (QED) is 0.761. The van der Waals surface area contributed by atoms with Crippen LogP contribution in [0.2, 0.25) is 0 Å². The van der Waals surface area contributed by atoms with Gasteiger partial charge in [-0.2, -0.15) is 13.2 Å². The van der Waals surface area contributed by atoms with Gasteiger partial charge in [0.05, 0.1) is 0 Å². The first-order chi connectivity index (χ1) is 7.82. The predicted octanol–water partition coefficient (Wildman–Crippen LogP) is 3.16. The van der Waals surface area contributed by atoms with Crippen molar-refractivity contribution in [3.8, 4) is 0 Å². The number of halogens is 3. The smallest absolute Gasteiger partial charge is 0.414 e. The molecule has 17 heavy (non-hydrogen) atoms. The largest absolute Gasteiger partial charge is 0.674 e. The molecule has 4 aliphatic rings. The van der Waals surface area contributed by atoms with Crippen LogP contribution >= 0.6 is 0 Å². The van der Waals surface area contributed by atoms with Gasteiger partial charge in [0.2, 0.25) is 0 Å². The van der Waals surface area contributed by atoms with Crippen molar-refractivity contribution in [3.63, 3.8) is 0 Å². The molecule has 0 radical (unpaired) electrons. The molecule has 4 saturated carbocycles. The van der Waals surface area contributed by atoms with E-state index in [-0.39, 0.29) is 17.9 Å². The number of alkyl halides is 3. The van der Waals surface area contributed by atoms with Crippen LogP contribution in [0.3, 0.4) is 0 Å². The number of hydrogen-bond donors (Lipinski definition) is 1. The van der Waals surface area contributed by atoms with Gasteiger partial charge in [-0.15, -0.1) is 6.04 Å². The Hall–Kier alpha value is -0.290. The van der Waals surface area contributed by atoms with Crippen LogP contribution in [-0.4, -0.2) is 23.4 Å². The van der Waals surface area contributed by atoms with Gasteiger partial charge >= 0.3 is 6.18 Å².